The Balaban J connectivity index is 3.42. The van der Waals surface area contributed by atoms with Gasteiger partial charge in [-0.25, -0.2) is 0 Å². The summed E-state index contributed by atoms with van der Waals surface area (Å²) < 4.78 is 0. The molecule has 0 amide bonds. The lowest BCUT2D eigenvalue weighted by Gasteiger charge is -2.18. The molecule has 0 bridgehead atoms. The highest BCUT2D eigenvalue weighted by Gasteiger charge is 2.18. The molecule has 116 valence electrons. The highest BCUT2D eigenvalue weighted by atomic mass is 16.1. The molecule has 2 heteroatoms. The van der Waals surface area contributed by atoms with Gasteiger partial charge in [0.05, 0.1) is 11.6 Å². The Kier molecular flexibility index (Phi) is 6.32. The monoisotopic (exact) mass is 287 g/mol. The minimum Gasteiger partial charge on any atom is -0.299 e. The summed E-state index contributed by atoms with van der Waals surface area (Å²) in [5.41, 5.74) is 4.53. The van der Waals surface area contributed by atoms with Crippen LogP contribution in [-0.2, 0) is 4.79 Å². The van der Waals surface area contributed by atoms with E-state index in [9.17, 15) is 4.79 Å². The molecule has 0 saturated heterocycles. The van der Waals surface area contributed by atoms with E-state index in [1.807, 2.05) is 13.8 Å². The number of para-hydroxylation sites is 1. The van der Waals surface area contributed by atoms with Crippen molar-refractivity contribution in [1.29, 1.82) is 0 Å². The van der Waals surface area contributed by atoms with Crippen molar-refractivity contribution in [3.05, 3.63) is 29.3 Å². The molecule has 1 aromatic rings. The number of nitrogens with zero attached hydrogens (tertiary/aromatic N) is 1. The fourth-order valence-corrected chi connectivity index (χ4v) is 2.77. The Bertz CT molecular complexity index is 500. The first-order valence-electron chi connectivity index (χ1n) is 7.97. The third-order valence-corrected chi connectivity index (χ3v) is 4.03. The average molecular weight is 287 g/mol. The van der Waals surface area contributed by atoms with Gasteiger partial charge in [0.2, 0.25) is 0 Å². The highest BCUT2D eigenvalue weighted by Crippen LogP contribution is 2.35. The van der Waals surface area contributed by atoms with Crippen LogP contribution in [0.25, 0.3) is 0 Å². The van der Waals surface area contributed by atoms with Gasteiger partial charge >= 0.3 is 0 Å². The quantitative estimate of drug-likeness (QED) is 0.622. The number of aliphatic imine (C=N–C) groups is 1. The summed E-state index contributed by atoms with van der Waals surface area (Å²) in [4.78, 5) is 16.7. The van der Waals surface area contributed by atoms with Crippen LogP contribution < -0.4 is 0 Å². The van der Waals surface area contributed by atoms with E-state index in [0.717, 1.165) is 17.8 Å². The van der Waals surface area contributed by atoms with Gasteiger partial charge < -0.3 is 0 Å². The first kappa shape index (κ1) is 17.6. The van der Waals surface area contributed by atoms with Crippen molar-refractivity contribution in [3.8, 4) is 0 Å². The Hall–Kier alpha value is -1.44. The fraction of sp³-hybridized carbons (Fsp3) is 0.579. The predicted molar refractivity (Wildman–Crippen MR) is 91.9 cm³/mol. The van der Waals surface area contributed by atoms with Crippen LogP contribution in [0.4, 0.5) is 5.69 Å². The summed E-state index contributed by atoms with van der Waals surface area (Å²) in [5.74, 6) is 0.984. The molecular formula is C19H29NO. The van der Waals surface area contributed by atoms with Crippen molar-refractivity contribution in [1.82, 2.24) is 0 Å². The van der Waals surface area contributed by atoms with Crippen LogP contribution in [0.2, 0.25) is 0 Å². The van der Waals surface area contributed by atoms with Gasteiger partial charge in [-0.15, -0.1) is 0 Å². The van der Waals surface area contributed by atoms with Gasteiger partial charge in [0.25, 0.3) is 0 Å². The Morgan fingerprint density at radius 2 is 1.52 bits per heavy atom. The summed E-state index contributed by atoms with van der Waals surface area (Å²) in [7, 11) is 0. The van der Waals surface area contributed by atoms with E-state index in [1.165, 1.54) is 11.1 Å². The molecule has 0 N–H and O–H groups in total. The molecule has 0 fully saturated rings. The molecule has 0 saturated carbocycles. The second-order valence-electron chi connectivity index (χ2n) is 6.42. The number of benzene rings is 1. The predicted octanol–water partition coefficient (Wildman–Crippen LogP) is 5.64. The van der Waals surface area contributed by atoms with Gasteiger partial charge in [-0.05, 0) is 43.2 Å². The fourth-order valence-electron chi connectivity index (χ4n) is 2.77. The molecule has 0 spiro atoms. The van der Waals surface area contributed by atoms with Crippen LogP contribution in [0.1, 0.15) is 77.8 Å². The molecule has 1 unspecified atom stereocenters. The molecule has 0 aliphatic heterocycles. The second kappa shape index (κ2) is 7.53. The number of rotatable bonds is 6. The number of hydrogen-bond donors (Lipinski definition) is 0. The van der Waals surface area contributed by atoms with Crippen molar-refractivity contribution in [2.24, 2.45) is 10.9 Å². The summed E-state index contributed by atoms with van der Waals surface area (Å²) in [5, 5.41) is 0. The minimum atomic E-state index is -0.0646. The van der Waals surface area contributed by atoms with Crippen LogP contribution in [-0.4, -0.2) is 11.5 Å². The minimum absolute atomic E-state index is 0.0646. The Labute approximate surface area is 129 Å². The van der Waals surface area contributed by atoms with Crippen molar-refractivity contribution < 1.29 is 4.79 Å². The maximum absolute atomic E-state index is 11.8. The Morgan fingerprint density at radius 3 is 1.86 bits per heavy atom. The molecule has 0 heterocycles. The van der Waals surface area contributed by atoms with Gasteiger partial charge in [0, 0.05) is 5.71 Å². The van der Waals surface area contributed by atoms with Crippen LogP contribution in [0.3, 0.4) is 0 Å². The molecule has 0 radical (unpaired) electrons. The molecule has 0 aliphatic rings. The molecule has 2 nitrogen and oxygen atoms in total. The molecule has 21 heavy (non-hydrogen) atoms. The molecule has 0 aliphatic carbocycles. The second-order valence-corrected chi connectivity index (χ2v) is 6.42. The van der Waals surface area contributed by atoms with Crippen LogP contribution >= 0.6 is 0 Å². The molecule has 1 aromatic carbocycles. The highest BCUT2D eigenvalue weighted by molar-refractivity contribution is 6.04. The summed E-state index contributed by atoms with van der Waals surface area (Å²) in [6.45, 7) is 14.4. The van der Waals surface area contributed by atoms with E-state index in [4.69, 9.17) is 4.99 Å². The standard InChI is InChI=1S/C19H29NO/c1-8-16(15(7)21)14(6)20-19-17(12(2)3)10-9-11-18(19)13(4)5/h9-13,16H,8H2,1-7H3. The van der Waals surface area contributed by atoms with E-state index >= 15 is 0 Å². The SMILES string of the molecule is CCC(C(C)=O)C(C)=Nc1c(C(C)C)cccc1C(C)C. The number of Topliss-reactive ketones (excluding diaryl/α,β-unsaturated/α-hetero) is 1. The molecule has 0 aromatic heterocycles. The van der Waals surface area contributed by atoms with Crippen molar-refractivity contribution in [2.75, 3.05) is 0 Å². The zero-order chi connectivity index (χ0) is 16.2. The number of ketones is 1. The topological polar surface area (TPSA) is 29.4 Å². The van der Waals surface area contributed by atoms with Gasteiger partial charge in [0.1, 0.15) is 5.78 Å². The van der Waals surface area contributed by atoms with Crippen molar-refractivity contribution >= 4 is 17.2 Å². The zero-order valence-electron chi connectivity index (χ0n) is 14.5. The van der Waals surface area contributed by atoms with E-state index < -0.39 is 0 Å². The first-order valence-corrected chi connectivity index (χ1v) is 7.97. The van der Waals surface area contributed by atoms with Crippen LogP contribution in [0.5, 0.6) is 0 Å². The van der Waals surface area contributed by atoms with Gasteiger partial charge in [-0.1, -0.05) is 52.8 Å². The number of hydrogen-bond acceptors (Lipinski definition) is 2. The molecule has 1 rings (SSSR count). The van der Waals surface area contributed by atoms with Gasteiger partial charge in [-0.2, -0.15) is 0 Å². The smallest absolute Gasteiger partial charge is 0.138 e. The maximum atomic E-state index is 11.8. The van der Waals surface area contributed by atoms with Crippen LogP contribution in [0.15, 0.2) is 23.2 Å². The largest absolute Gasteiger partial charge is 0.299 e. The van der Waals surface area contributed by atoms with E-state index in [0.29, 0.717) is 11.8 Å². The van der Waals surface area contributed by atoms with Gasteiger partial charge in [-0.3, -0.25) is 9.79 Å². The third kappa shape index (κ3) is 4.26. The summed E-state index contributed by atoms with van der Waals surface area (Å²) >= 11 is 0. The molecular weight excluding hydrogens is 258 g/mol. The lowest BCUT2D eigenvalue weighted by molar-refractivity contribution is -0.118. The number of carbonyl (C=O) groups excluding carboxylic acids is 1. The van der Waals surface area contributed by atoms with Gasteiger partial charge in [0.15, 0.2) is 0 Å². The summed E-state index contributed by atoms with van der Waals surface area (Å²) in [6, 6.07) is 6.41. The summed E-state index contributed by atoms with van der Waals surface area (Å²) in [6.07, 6.45) is 0.811. The lowest BCUT2D eigenvalue weighted by atomic mass is 9.92. The molecule has 1 atom stereocenters. The van der Waals surface area contributed by atoms with E-state index in [2.05, 4.69) is 45.9 Å². The van der Waals surface area contributed by atoms with E-state index in [-0.39, 0.29) is 11.7 Å². The average Bonchev–Trinajstić information content (AvgIpc) is 2.38. The Morgan fingerprint density at radius 1 is 1.05 bits per heavy atom. The number of carbonyl (C=O) groups is 1. The first-order chi connectivity index (χ1) is 9.79. The third-order valence-electron chi connectivity index (χ3n) is 4.03. The van der Waals surface area contributed by atoms with E-state index in [1.54, 1.807) is 6.92 Å². The normalized spacial score (nSPS) is 13.9. The van der Waals surface area contributed by atoms with Crippen molar-refractivity contribution in [2.45, 2.75) is 66.7 Å². The zero-order valence-corrected chi connectivity index (χ0v) is 14.5. The lowest BCUT2D eigenvalue weighted by Crippen LogP contribution is -2.18. The van der Waals surface area contributed by atoms with Crippen LogP contribution in [0, 0.1) is 5.92 Å². The van der Waals surface area contributed by atoms with Crippen molar-refractivity contribution in [3.63, 3.8) is 0 Å². The maximum Gasteiger partial charge on any atom is 0.138 e.